The molecule has 1 aromatic heterocycles. The summed E-state index contributed by atoms with van der Waals surface area (Å²) in [5.74, 6) is 6.29. The highest BCUT2D eigenvalue weighted by molar-refractivity contribution is 5.21. The average molecular weight is 440 g/mol. The lowest BCUT2D eigenvalue weighted by Gasteiger charge is -2.53. The first kappa shape index (κ1) is 22.4. The second-order valence-corrected chi connectivity index (χ2v) is 11.7. The topological polar surface area (TPSA) is 71.1 Å². The van der Waals surface area contributed by atoms with Gasteiger partial charge in [0.25, 0.3) is 0 Å². The van der Waals surface area contributed by atoms with Crippen molar-refractivity contribution in [3.05, 3.63) is 18.0 Å². The number of rotatable bonds is 6. The molecule has 1 N–H and O–H groups in total. The molecule has 9 atom stereocenters. The number of aromatic nitrogens is 2. The van der Waals surface area contributed by atoms with E-state index < -0.39 is 5.60 Å². The Bertz CT molecular complexity index is 827. The van der Waals surface area contributed by atoms with E-state index >= 15 is 0 Å². The van der Waals surface area contributed by atoms with Crippen molar-refractivity contribution in [2.24, 2.45) is 47.3 Å². The van der Waals surface area contributed by atoms with Crippen molar-refractivity contribution in [2.45, 2.75) is 83.8 Å². The minimum absolute atomic E-state index is 0.350. The summed E-state index contributed by atoms with van der Waals surface area (Å²) in [4.78, 5) is 0. The maximum atomic E-state index is 11.5. The number of hydrogen-bond donors (Lipinski definition) is 1. The summed E-state index contributed by atoms with van der Waals surface area (Å²) < 4.78 is 7.53. The molecule has 5 heteroatoms. The second-order valence-electron chi connectivity index (χ2n) is 11.7. The highest BCUT2D eigenvalue weighted by Crippen LogP contribution is 2.60. The van der Waals surface area contributed by atoms with E-state index in [1.54, 1.807) is 17.1 Å². The maximum absolute atomic E-state index is 11.5. The van der Waals surface area contributed by atoms with E-state index in [-0.39, 0.29) is 0 Å². The van der Waals surface area contributed by atoms with Crippen molar-refractivity contribution >= 4 is 0 Å². The first-order valence-electron chi connectivity index (χ1n) is 13.2. The van der Waals surface area contributed by atoms with Gasteiger partial charge in [-0.1, -0.05) is 0 Å². The number of aliphatic hydroxyl groups is 1. The van der Waals surface area contributed by atoms with Gasteiger partial charge in [0.2, 0.25) is 0 Å². The molecule has 32 heavy (non-hydrogen) atoms. The normalized spacial score (nSPS) is 40.6. The van der Waals surface area contributed by atoms with Crippen LogP contribution in [0, 0.1) is 58.7 Å². The second kappa shape index (κ2) is 9.11. The van der Waals surface area contributed by atoms with Gasteiger partial charge in [-0.05, 0) is 119 Å². The number of ether oxygens (including phenoxy) is 1. The van der Waals surface area contributed by atoms with Gasteiger partial charge in [0, 0.05) is 19.4 Å². The molecule has 0 spiro atoms. The van der Waals surface area contributed by atoms with Gasteiger partial charge < -0.3 is 9.84 Å². The van der Waals surface area contributed by atoms with Gasteiger partial charge in [-0.25, -0.2) is 0 Å². The zero-order chi connectivity index (χ0) is 22.3. The number of nitriles is 1. The monoisotopic (exact) mass is 439 g/mol. The smallest absolute Gasteiger partial charge is 0.102 e. The first-order valence-corrected chi connectivity index (χ1v) is 13.2. The molecule has 5 nitrogen and oxygen atoms in total. The lowest BCUT2D eigenvalue weighted by atomic mass is 9.52. The van der Waals surface area contributed by atoms with E-state index in [0.29, 0.717) is 23.9 Å². The van der Waals surface area contributed by atoms with Crippen molar-refractivity contribution in [1.29, 1.82) is 5.26 Å². The van der Waals surface area contributed by atoms with Crippen LogP contribution in [0.1, 0.15) is 77.2 Å². The summed E-state index contributed by atoms with van der Waals surface area (Å²) >= 11 is 0. The minimum Gasteiger partial charge on any atom is -0.388 e. The van der Waals surface area contributed by atoms with E-state index in [0.717, 1.165) is 55.1 Å². The van der Waals surface area contributed by atoms with Crippen molar-refractivity contribution in [3.63, 3.8) is 0 Å². The summed E-state index contributed by atoms with van der Waals surface area (Å²) in [5.41, 5.74) is -0.196. The molecule has 4 saturated carbocycles. The standard InChI is InChI=1S/C27H41N3O2/c1-3-32-16-18-4-6-21-20(12-18)5-7-23-22(21)8-9-25-24(23)10-11-26(25)27(2,31)17-30-15-19(13-28)14-29-30/h14-15,18,20-26,31H,3-12,16-17H2,1-2H3/t18?,20?,21?,22?,23?,24?,25?,26-,27-/m0/s1. The van der Waals surface area contributed by atoms with Gasteiger partial charge >= 0.3 is 0 Å². The van der Waals surface area contributed by atoms with Crippen LogP contribution in [0.2, 0.25) is 0 Å². The third-order valence-electron chi connectivity index (χ3n) is 9.98. The van der Waals surface area contributed by atoms with Crippen molar-refractivity contribution < 1.29 is 9.84 Å². The highest BCUT2D eigenvalue weighted by Gasteiger charge is 2.54. The third-order valence-corrected chi connectivity index (χ3v) is 9.98. The van der Waals surface area contributed by atoms with Gasteiger partial charge in [-0.3, -0.25) is 4.68 Å². The average Bonchev–Trinajstić information content (AvgIpc) is 3.44. The third kappa shape index (κ3) is 4.14. The van der Waals surface area contributed by atoms with Gasteiger partial charge in [-0.15, -0.1) is 0 Å². The van der Waals surface area contributed by atoms with Crippen LogP contribution in [0.15, 0.2) is 12.4 Å². The molecule has 1 aromatic rings. The van der Waals surface area contributed by atoms with Crippen molar-refractivity contribution in [1.82, 2.24) is 9.78 Å². The van der Waals surface area contributed by atoms with Gasteiger partial charge in [0.05, 0.1) is 23.9 Å². The molecular formula is C27H41N3O2. The Hall–Kier alpha value is -1.38. The van der Waals surface area contributed by atoms with Gasteiger partial charge in [0.15, 0.2) is 0 Å². The van der Waals surface area contributed by atoms with E-state index in [1.807, 2.05) is 6.92 Å². The predicted molar refractivity (Wildman–Crippen MR) is 124 cm³/mol. The molecule has 0 saturated heterocycles. The van der Waals surface area contributed by atoms with Crippen LogP contribution in [0.4, 0.5) is 0 Å². The Labute approximate surface area is 193 Å². The number of nitrogens with zero attached hydrogens (tertiary/aromatic N) is 3. The van der Waals surface area contributed by atoms with Crippen LogP contribution >= 0.6 is 0 Å². The molecule has 0 amide bonds. The largest absolute Gasteiger partial charge is 0.388 e. The fourth-order valence-electron chi connectivity index (χ4n) is 8.77. The van der Waals surface area contributed by atoms with Crippen LogP contribution in [-0.4, -0.2) is 33.7 Å². The molecule has 0 aliphatic heterocycles. The molecule has 4 aliphatic rings. The molecule has 4 fully saturated rings. The van der Waals surface area contributed by atoms with Crippen LogP contribution in [0.5, 0.6) is 0 Å². The van der Waals surface area contributed by atoms with Crippen LogP contribution in [0.3, 0.4) is 0 Å². The quantitative estimate of drug-likeness (QED) is 0.674. The zero-order valence-corrected chi connectivity index (χ0v) is 20.0. The van der Waals surface area contributed by atoms with Crippen molar-refractivity contribution in [2.75, 3.05) is 13.2 Å². The molecule has 0 bridgehead atoms. The van der Waals surface area contributed by atoms with E-state index in [4.69, 9.17) is 10.00 Å². The molecule has 5 rings (SSSR count). The Balaban J connectivity index is 1.23. The SMILES string of the molecule is CCOCC1CCC2C(CCC3C2CCC2C3CC[C@@H]2[C@@](C)(O)Cn2cc(C#N)cn2)C1. The van der Waals surface area contributed by atoms with Gasteiger partial charge in [0.1, 0.15) is 6.07 Å². The first-order chi connectivity index (χ1) is 15.5. The predicted octanol–water partition coefficient (Wildman–Crippen LogP) is 5.04. The lowest BCUT2D eigenvalue weighted by Crippen LogP contribution is -2.48. The Morgan fingerprint density at radius 1 is 1.06 bits per heavy atom. The van der Waals surface area contributed by atoms with Crippen LogP contribution in [-0.2, 0) is 11.3 Å². The summed E-state index contributed by atoms with van der Waals surface area (Å²) in [6.07, 6.45) is 15.5. The van der Waals surface area contributed by atoms with Crippen molar-refractivity contribution in [3.8, 4) is 6.07 Å². The number of hydrogen-bond acceptors (Lipinski definition) is 4. The zero-order valence-electron chi connectivity index (χ0n) is 20.0. The molecule has 7 unspecified atom stereocenters. The van der Waals surface area contributed by atoms with E-state index in [1.165, 1.54) is 51.4 Å². The molecule has 0 aromatic carbocycles. The fourth-order valence-corrected chi connectivity index (χ4v) is 8.77. The lowest BCUT2D eigenvalue weighted by molar-refractivity contribution is -0.0764. The molecule has 4 aliphatic carbocycles. The summed E-state index contributed by atoms with van der Waals surface area (Å²) in [6, 6.07) is 2.14. The Kier molecular flexibility index (Phi) is 6.38. The fraction of sp³-hybridized carbons (Fsp3) is 0.852. The Morgan fingerprint density at radius 2 is 1.75 bits per heavy atom. The summed E-state index contributed by atoms with van der Waals surface area (Å²) in [5, 5.41) is 24.9. The van der Waals surface area contributed by atoms with Crippen LogP contribution < -0.4 is 0 Å². The highest BCUT2D eigenvalue weighted by atomic mass is 16.5. The van der Waals surface area contributed by atoms with Gasteiger partial charge in [-0.2, -0.15) is 10.4 Å². The molecular weight excluding hydrogens is 398 g/mol. The molecule has 176 valence electrons. The van der Waals surface area contributed by atoms with Crippen LogP contribution in [0.25, 0.3) is 0 Å². The summed E-state index contributed by atoms with van der Waals surface area (Å²) in [6.45, 7) is 6.43. The number of fused-ring (bicyclic) bond motifs is 5. The maximum Gasteiger partial charge on any atom is 0.102 e. The van der Waals surface area contributed by atoms with E-state index in [2.05, 4.69) is 18.1 Å². The van der Waals surface area contributed by atoms with E-state index in [9.17, 15) is 5.11 Å². The Morgan fingerprint density at radius 3 is 2.53 bits per heavy atom. The minimum atomic E-state index is -0.764. The molecule has 1 heterocycles. The molecule has 0 radical (unpaired) electrons. The summed E-state index contributed by atoms with van der Waals surface area (Å²) in [7, 11) is 0.